The van der Waals surface area contributed by atoms with E-state index in [0.717, 1.165) is 0 Å². The van der Waals surface area contributed by atoms with Crippen LogP contribution in [0.3, 0.4) is 0 Å². The molecule has 0 fully saturated rings. The lowest BCUT2D eigenvalue weighted by Crippen LogP contribution is -2.51. The van der Waals surface area contributed by atoms with E-state index in [1.807, 2.05) is 13.8 Å². The fourth-order valence-electron chi connectivity index (χ4n) is 0.876. The lowest BCUT2D eigenvalue weighted by molar-refractivity contribution is 0.0238. The number of nitrogens with one attached hydrogen (secondary N) is 1. The first-order valence-corrected chi connectivity index (χ1v) is 4.80. The number of nitrogen functional groups attached to an aromatic ring is 1. The predicted octanol–water partition coefficient (Wildman–Crippen LogP) is 1.02. The van der Waals surface area contributed by atoms with Crippen molar-refractivity contribution < 1.29 is 5.11 Å². The summed E-state index contributed by atoms with van der Waals surface area (Å²) in [7, 11) is 0. The van der Waals surface area contributed by atoms with E-state index in [2.05, 4.69) is 15.3 Å². The Morgan fingerprint density at radius 2 is 1.80 bits per heavy atom. The van der Waals surface area contributed by atoms with Crippen molar-refractivity contribution in [2.24, 2.45) is 0 Å². The van der Waals surface area contributed by atoms with Crippen LogP contribution in [0, 0.1) is 0 Å². The van der Waals surface area contributed by atoms with Gasteiger partial charge in [0.05, 0.1) is 23.5 Å². The van der Waals surface area contributed by atoms with Gasteiger partial charge in [0.2, 0.25) is 0 Å². The van der Waals surface area contributed by atoms with Crippen molar-refractivity contribution in [2.45, 2.75) is 38.8 Å². The van der Waals surface area contributed by atoms with Gasteiger partial charge >= 0.3 is 0 Å². The van der Waals surface area contributed by atoms with E-state index in [1.165, 1.54) is 6.20 Å². The van der Waals surface area contributed by atoms with E-state index >= 15 is 0 Å². The van der Waals surface area contributed by atoms with Crippen molar-refractivity contribution in [1.29, 1.82) is 0 Å². The van der Waals surface area contributed by atoms with Gasteiger partial charge in [0.15, 0.2) is 0 Å². The maximum atomic E-state index is 9.93. The highest BCUT2D eigenvalue weighted by Gasteiger charge is 2.35. The number of anilines is 2. The molecule has 1 aromatic heterocycles. The maximum Gasteiger partial charge on any atom is 0.145 e. The van der Waals surface area contributed by atoms with Gasteiger partial charge in [0.25, 0.3) is 0 Å². The Balaban J connectivity index is 2.82. The monoisotopic (exact) mass is 210 g/mol. The molecular formula is C10H18N4O. The van der Waals surface area contributed by atoms with E-state index in [-0.39, 0.29) is 0 Å². The Bertz CT molecular complexity index is 326. The van der Waals surface area contributed by atoms with Gasteiger partial charge in [-0.1, -0.05) is 0 Å². The average molecular weight is 210 g/mol. The molecule has 5 nitrogen and oxygen atoms in total. The molecule has 0 radical (unpaired) electrons. The Kier molecular flexibility index (Phi) is 2.86. The van der Waals surface area contributed by atoms with Crippen LogP contribution in [-0.4, -0.2) is 26.2 Å². The number of hydrogen-bond donors (Lipinski definition) is 3. The molecule has 84 valence electrons. The van der Waals surface area contributed by atoms with Crippen molar-refractivity contribution in [1.82, 2.24) is 9.97 Å². The van der Waals surface area contributed by atoms with Crippen LogP contribution in [0.25, 0.3) is 0 Å². The lowest BCUT2D eigenvalue weighted by Gasteiger charge is -2.38. The first-order chi connectivity index (χ1) is 6.72. The fraction of sp³-hybridized carbons (Fsp3) is 0.600. The van der Waals surface area contributed by atoms with Gasteiger partial charge in [-0.05, 0) is 27.7 Å². The van der Waals surface area contributed by atoms with Crippen LogP contribution in [0.1, 0.15) is 27.7 Å². The molecule has 15 heavy (non-hydrogen) atoms. The molecular weight excluding hydrogens is 192 g/mol. The molecule has 0 amide bonds. The van der Waals surface area contributed by atoms with Crippen molar-refractivity contribution in [3.63, 3.8) is 0 Å². The van der Waals surface area contributed by atoms with Crippen molar-refractivity contribution in [3.8, 4) is 0 Å². The summed E-state index contributed by atoms with van der Waals surface area (Å²) in [6.07, 6.45) is 3.02. The van der Waals surface area contributed by atoms with Crippen LogP contribution < -0.4 is 11.1 Å². The topological polar surface area (TPSA) is 84.1 Å². The zero-order valence-corrected chi connectivity index (χ0v) is 9.57. The molecule has 4 N–H and O–H groups in total. The van der Waals surface area contributed by atoms with E-state index in [9.17, 15) is 5.11 Å². The summed E-state index contributed by atoms with van der Waals surface area (Å²) >= 11 is 0. The van der Waals surface area contributed by atoms with Crippen molar-refractivity contribution in [2.75, 3.05) is 11.1 Å². The predicted molar refractivity (Wildman–Crippen MR) is 60.4 cm³/mol. The molecule has 1 aromatic rings. The normalized spacial score (nSPS) is 12.6. The quantitative estimate of drug-likeness (QED) is 0.693. The summed E-state index contributed by atoms with van der Waals surface area (Å²) in [6, 6.07) is 0. The van der Waals surface area contributed by atoms with Crippen molar-refractivity contribution >= 4 is 11.6 Å². The molecule has 0 aliphatic carbocycles. The number of aliphatic hydroxyl groups is 1. The van der Waals surface area contributed by atoms with E-state index < -0.39 is 11.1 Å². The van der Waals surface area contributed by atoms with Crippen LogP contribution in [0.15, 0.2) is 12.4 Å². The summed E-state index contributed by atoms with van der Waals surface area (Å²) in [6.45, 7) is 7.27. The fourth-order valence-corrected chi connectivity index (χ4v) is 0.876. The molecule has 0 unspecified atom stereocenters. The second-order valence-corrected chi connectivity index (χ2v) is 4.64. The van der Waals surface area contributed by atoms with E-state index in [4.69, 9.17) is 5.73 Å². The number of aromatic nitrogens is 2. The zero-order valence-electron chi connectivity index (χ0n) is 9.57. The van der Waals surface area contributed by atoms with Crippen molar-refractivity contribution in [3.05, 3.63) is 12.4 Å². The first-order valence-electron chi connectivity index (χ1n) is 4.80. The van der Waals surface area contributed by atoms with Crippen LogP contribution in [0.5, 0.6) is 0 Å². The second-order valence-electron chi connectivity index (χ2n) is 4.64. The molecule has 0 aliphatic heterocycles. The number of nitrogens with two attached hydrogens (primary N) is 1. The number of hydrogen-bond acceptors (Lipinski definition) is 5. The first kappa shape index (κ1) is 11.7. The molecule has 1 rings (SSSR count). The third kappa shape index (κ3) is 2.79. The Hall–Kier alpha value is -1.36. The third-order valence-corrected chi connectivity index (χ3v) is 2.64. The summed E-state index contributed by atoms with van der Waals surface area (Å²) < 4.78 is 0. The number of nitrogens with zero attached hydrogens (tertiary/aromatic N) is 2. The largest absolute Gasteiger partial charge is 0.388 e. The molecule has 0 atom stereocenters. The van der Waals surface area contributed by atoms with Gasteiger partial charge in [-0.2, -0.15) is 0 Å². The SMILES string of the molecule is CC(C)(O)C(C)(C)Nc1cnc(N)cn1. The van der Waals surface area contributed by atoms with Gasteiger partial charge in [-0.15, -0.1) is 0 Å². The minimum atomic E-state index is -0.865. The summed E-state index contributed by atoms with van der Waals surface area (Å²) in [5, 5.41) is 13.0. The molecule has 5 heteroatoms. The molecule has 0 bridgehead atoms. The van der Waals surface area contributed by atoms with Crippen LogP contribution in [0.2, 0.25) is 0 Å². The Morgan fingerprint density at radius 1 is 1.20 bits per heavy atom. The lowest BCUT2D eigenvalue weighted by atomic mass is 9.86. The van der Waals surface area contributed by atoms with Crippen LogP contribution >= 0.6 is 0 Å². The number of rotatable bonds is 3. The van der Waals surface area contributed by atoms with Crippen LogP contribution in [0.4, 0.5) is 11.6 Å². The smallest absolute Gasteiger partial charge is 0.145 e. The summed E-state index contributed by atoms with van der Waals surface area (Å²) in [5.41, 5.74) is 4.06. The molecule has 0 aliphatic rings. The standard InChI is InChI=1S/C10H18N4O/c1-9(2,10(3,4)15)14-8-6-12-7(11)5-13-8/h5-6,15H,1-4H3,(H2,11,12)(H,13,14). The van der Waals surface area contributed by atoms with E-state index in [1.54, 1.807) is 20.0 Å². The molecule has 0 spiro atoms. The maximum absolute atomic E-state index is 9.93. The summed E-state index contributed by atoms with van der Waals surface area (Å²) in [4.78, 5) is 7.98. The van der Waals surface area contributed by atoms with Gasteiger partial charge in [-0.25, -0.2) is 9.97 Å². The molecule has 0 aromatic carbocycles. The molecule has 1 heterocycles. The van der Waals surface area contributed by atoms with Gasteiger partial charge < -0.3 is 16.2 Å². The molecule has 0 saturated heterocycles. The minimum absolute atomic E-state index is 0.376. The highest BCUT2D eigenvalue weighted by molar-refractivity contribution is 5.39. The third-order valence-electron chi connectivity index (χ3n) is 2.64. The minimum Gasteiger partial charge on any atom is -0.388 e. The average Bonchev–Trinajstić information content (AvgIpc) is 2.06. The highest BCUT2D eigenvalue weighted by atomic mass is 16.3. The van der Waals surface area contributed by atoms with Gasteiger partial charge in [-0.3, -0.25) is 0 Å². The van der Waals surface area contributed by atoms with E-state index in [0.29, 0.717) is 11.6 Å². The van der Waals surface area contributed by atoms with Crippen LogP contribution in [-0.2, 0) is 0 Å². The molecule has 0 saturated carbocycles. The van der Waals surface area contributed by atoms with Gasteiger partial charge in [0, 0.05) is 0 Å². The highest BCUT2D eigenvalue weighted by Crippen LogP contribution is 2.24. The Labute approximate surface area is 89.7 Å². The summed E-state index contributed by atoms with van der Waals surface area (Å²) in [5.74, 6) is 0.970. The Morgan fingerprint density at radius 3 is 2.20 bits per heavy atom. The second kappa shape index (κ2) is 3.66. The van der Waals surface area contributed by atoms with Gasteiger partial charge in [0.1, 0.15) is 11.6 Å². The zero-order chi connectivity index (χ0) is 11.7.